The van der Waals surface area contributed by atoms with E-state index in [1.807, 2.05) is 18.2 Å². The summed E-state index contributed by atoms with van der Waals surface area (Å²) in [5.41, 5.74) is 3.97. The highest BCUT2D eigenvalue weighted by Crippen LogP contribution is 2.21. The van der Waals surface area contributed by atoms with Gasteiger partial charge >= 0.3 is 0 Å². The number of fused-ring (bicyclic) bond motifs is 1. The molecule has 164 valence electrons. The Morgan fingerprint density at radius 2 is 1.76 bits per heavy atom. The lowest BCUT2D eigenvalue weighted by atomic mass is 10.2. The minimum Gasteiger partial charge on any atom is -0.272 e. The number of rotatable bonds is 7. The Morgan fingerprint density at radius 3 is 2.48 bits per heavy atom. The summed E-state index contributed by atoms with van der Waals surface area (Å²) in [6.07, 6.45) is 1.39. The van der Waals surface area contributed by atoms with Crippen molar-refractivity contribution >= 4 is 40.5 Å². The number of nitrogens with one attached hydrogen (secondary N) is 1. The van der Waals surface area contributed by atoms with E-state index in [9.17, 15) is 19.7 Å². The fourth-order valence-corrected chi connectivity index (χ4v) is 3.84. The van der Waals surface area contributed by atoms with Gasteiger partial charge in [0.1, 0.15) is 0 Å². The first-order valence-corrected chi connectivity index (χ1v) is 10.8. The van der Waals surface area contributed by atoms with Crippen LogP contribution in [-0.4, -0.2) is 32.3 Å². The van der Waals surface area contributed by atoms with Crippen LogP contribution in [0.5, 0.6) is 0 Å². The van der Waals surface area contributed by atoms with Crippen LogP contribution < -0.4 is 11.0 Å². The summed E-state index contributed by atoms with van der Waals surface area (Å²) in [6.45, 7) is 0. The standard InChI is InChI=1S/C23H17N5O4S/c29-21(26-24-14-16-10-12-18(13-11-16)28(31)32)15-33-23-25-20-9-5-4-8-19(20)22(30)27(23)17-6-2-1-3-7-17/h1-14H,15H2,(H,26,29)/b24-14+. The van der Waals surface area contributed by atoms with Crippen LogP contribution >= 0.6 is 11.8 Å². The molecule has 1 amide bonds. The van der Waals surface area contributed by atoms with E-state index in [0.29, 0.717) is 27.3 Å². The lowest BCUT2D eigenvalue weighted by Gasteiger charge is -2.12. The lowest BCUT2D eigenvalue weighted by molar-refractivity contribution is -0.384. The largest absolute Gasteiger partial charge is 0.272 e. The molecule has 4 rings (SSSR count). The summed E-state index contributed by atoms with van der Waals surface area (Å²) in [7, 11) is 0. The number of amides is 1. The van der Waals surface area contributed by atoms with Crippen LogP contribution in [0.2, 0.25) is 0 Å². The summed E-state index contributed by atoms with van der Waals surface area (Å²) >= 11 is 1.12. The monoisotopic (exact) mass is 459 g/mol. The molecular weight excluding hydrogens is 442 g/mol. The number of benzene rings is 3. The van der Waals surface area contributed by atoms with E-state index in [2.05, 4.69) is 15.5 Å². The van der Waals surface area contributed by atoms with Gasteiger partial charge in [0.15, 0.2) is 5.16 Å². The molecule has 0 atom stereocenters. The fourth-order valence-electron chi connectivity index (χ4n) is 3.04. The number of carbonyl (C=O) groups is 1. The Morgan fingerprint density at radius 1 is 1.06 bits per heavy atom. The number of nitro groups is 1. The van der Waals surface area contributed by atoms with Crippen LogP contribution in [0.3, 0.4) is 0 Å². The number of para-hydroxylation sites is 2. The molecule has 9 nitrogen and oxygen atoms in total. The van der Waals surface area contributed by atoms with Gasteiger partial charge in [-0.05, 0) is 42.0 Å². The Bertz CT molecular complexity index is 1400. The Labute approximate surface area is 191 Å². The number of non-ortho nitro benzene ring substituents is 1. The number of nitrogens with zero attached hydrogens (tertiary/aromatic N) is 4. The number of nitro benzene ring substituents is 1. The number of hydrazone groups is 1. The molecule has 33 heavy (non-hydrogen) atoms. The van der Waals surface area contributed by atoms with E-state index in [4.69, 9.17) is 0 Å². The van der Waals surface area contributed by atoms with Gasteiger partial charge in [-0.15, -0.1) is 0 Å². The maximum Gasteiger partial charge on any atom is 0.269 e. The van der Waals surface area contributed by atoms with Gasteiger partial charge in [0.2, 0.25) is 0 Å². The van der Waals surface area contributed by atoms with Gasteiger partial charge in [-0.2, -0.15) is 5.10 Å². The molecule has 0 bridgehead atoms. The van der Waals surface area contributed by atoms with Crippen molar-refractivity contribution in [3.05, 3.63) is 105 Å². The van der Waals surface area contributed by atoms with Gasteiger partial charge in [-0.25, -0.2) is 10.4 Å². The fraction of sp³-hybridized carbons (Fsp3) is 0.0435. The molecule has 0 aliphatic heterocycles. The molecule has 0 saturated carbocycles. The van der Waals surface area contributed by atoms with Crippen molar-refractivity contribution in [2.45, 2.75) is 5.16 Å². The summed E-state index contributed by atoms with van der Waals surface area (Å²) in [5.74, 6) is -0.407. The number of carbonyl (C=O) groups excluding carboxylic acids is 1. The molecule has 0 saturated heterocycles. The molecule has 0 unspecified atom stereocenters. The third kappa shape index (κ3) is 5.13. The minimum atomic E-state index is -0.490. The summed E-state index contributed by atoms with van der Waals surface area (Å²) < 4.78 is 1.49. The highest BCUT2D eigenvalue weighted by Gasteiger charge is 2.14. The zero-order valence-corrected chi connectivity index (χ0v) is 17.9. The van der Waals surface area contributed by atoms with Crippen LogP contribution in [0.1, 0.15) is 5.56 Å². The van der Waals surface area contributed by atoms with Crippen LogP contribution in [0.15, 0.2) is 93.9 Å². The average Bonchev–Trinajstić information content (AvgIpc) is 2.84. The Balaban J connectivity index is 1.50. The lowest BCUT2D eigenvalue weighted by Crippen LogP contribution is -2.24. The first kappa shape index (κ1) is 21.9. The van der Waals surface area contributed by atoms with Gasteiger partial charge in [0, 0.05) is 12.1 Å². The number of hydrogen-bond acceptors (Lipinski definition) is 7. The highest BCUT2D eigenvalue weighted by atomic mass is 32.2. The van der Waals surface area contributed by atoms with E-state index in [1.165, 1.54) is 35.0 Å². The Kier molecular flexibility index (Phi) is 6.56. The molecule has 1 aromatic heterocycles. The van der Waals surface area contributed by atoms with E-state index < -0.39 is 4.92 Å². The molecule has 3 aromatic carbocycles. The van der Waals surface area contributed by atoms with Gasteiger partial charge in [0.25, 0.3) is 17.2 Å². The molecule has 0 spiro atoms. The molecule has 0 aliphatic rings. The summed E-state index contributed by atoms with van der Waals surface area (Å²) in [4.78, 5) is 40.2. The van der Waals surface area contributed by atoms with Crippen molar-refractivity contribution in [1.29, 1.82) is 0 Å². The second-order valence-electron chi connectivity index (χ2n) is 6.82. The zero-order chi connectivity index (χ0) is 23.2. The van der Waals surface area contributed by atoms with Gasteiger partial charge < -0.3 is 0 Å². The predicted molar refractivity (Wildman–Crippen MR) is 127 cm³/mol. The van der Waals surface area contributed by atoms with Crippen molar-refractivity contribution < 1.29 is 9.72 Å². The van der Waals surface area contributed by atoms with Crippen molar-refractivity contribution in [3.63, 3.8) is 0 Å². The normalized spacial score (nSPS) is 11.0. The maximum atomic E-state index is 13.1. The van der Waals surface area contributed by atoms with E-state index in [0.717, 1.165) is 11.8 Å². The van der Waals surface area contributed by atoms with Crippen molar-refractivity contribution in [2.75, 3.05) is 5.75 Å². The molecule has 4 aromatic rings. The Hall–Kier alpha value is -4.31. The maximum absolute atomic E-state index is 13.1. The predicted octanol–water partition coefficient (Wildman–Crippen LogP) is 3.54. The van der Waals surface area contributed by atoms with Crippen molar-refractivity contribution in [3.8, 4) is 5.69 Å². The number of hydrogen-bond donors (Lipinski definition) is 1. The number of aromatic nitrogens is 2. The zero-order valence-electron chi connectivity index (χ0n) is 17.1. The van der Waals surface area contributed by atoms with Gasteiger partial charge in [-0.3, -0.25) is 24.3 Å². The third-order valence-electron chi connectivity index (χ3n) is 4.60. The smallest absolute Gasteiger partial charge is 0.269 e. The minimum absolute atomic E-state index is 0.0186. The van der Waals surface area contributed by atoms with Crippen LogP contribution in [0.4, 0.5) is 5.69 Å². The van der Waals surface area contributed by atoms with Gasteiger partial charge in [-0.1, -0.05) is 42.1 Å². The van der Waals surface area contributed by atoms with Crippen LogP contribution in [0, 0.1) is 10.1 Å². The number of thioether (sulfide) groups is 1. The molecule has 10 heteroatoms. The highest BCUT2D eigenvalue weighted by molar-refractivity contribution is 7.99. The van der Waals surface area contributed by atoms with Crippen LogP contribution in [0.25, 0.3) is 16.6 Å². The average molecular weight is 459 g/mol. The second kappa shape index (κ2) is 9.88. The first-order valence-electron chi connectivity index (χ1n) is 9.79. The first-order chi connectivity index (χ1) is 16.0. The van der Waals surface area contributed by atoms with E-state index in [-0.39, 0.29) is 22.9 Å². The quantitative estimate of drug-likeness (QED) is 0.148. The van der Waals surface area contributed by atoms with Gasteiger partial charge in [0.05, 0.1) is 33.5 Å². The van der Waals surface area contributed by atoms with Crippen molar-refractivity contribution in [2.24, 2.45) is 5.10 Å². The molecule has 0 aliphatic carbocycles. The summed E-state index contributed by atoms with van der Waals surface area (Å²) in [5, 5.41) is 15.5. The van der Waals surface area contributed by atoms with Crippen LogP contribution in [-0.2, 0) is 4.79 Å². The molecule has 0 radical (unpaired) electrons. The van der Waals surface area contributed by atoms with E-state index >= 15 is 0 Å². The molecule has 1 heterocycles. The molecular formula is C23H17N5O4S. The second-order valence-corrected chi connectivity index (χ2v) is 7.76. The summed E-state index contributed by atoms with van der Waals surface area (Å²) in [6, 6.07) is 21.9. The van der Waals surface area contributed by atoms with E-state index in [1.54, 1.807) is 36.4 Å². The SMILES string of the molecule is O=C(CSc1nc2ccccc2c(=O)n1-c1ccccc1)N/N=C/c1ccc([N+](=O)[O-])cc1. The molecule has 1 N–H and O–H groups in total. The van der Waals surface area contributed by atoms with Crippen molar-refractivity contribution in [1.82, 2.24) is 15.0 Å². The topological polar surface area (TPSA) is 119 Å². The third-order valence-corrected chi connectivity index (χ3v) is 5.54. The molecule has 0 fully saturated rings.